The van der Waals surface area contributed by atoms with Crippen molar-refractivity contribution < 1.29 is 9.05 Å². The van der Waals surface area contributed by atoms with E-state index in [1.807, 2.05) is 13.0 Å². The van der Waals surface area contributed by atoms with Gasteiger partial charge in [-0.1, -0.05) is 0 Å². The minimum absolute atomic E-state index is 0.207. The van der Waals surface area contributed by atoms with Gasteiger partial charge < -0.3 is 0 Å². The minimum atomic E-state index is -2.21. The second-order valence-electron chi connectivity index (χ2n) is 4.07. The van der Waals surface area contributed by atoms with Gasteiger partial charge in [-0.2, -0.15) is 0 Å². The Hall–Kier alpha value is -0.430. The first-order valence-corrected chi connectivity index (χ1v) is 8.04. The van der Waals surface area contributed by atoms with Crippen molar-refractivity contribution >= 4 is 13.0 Å². The summed E-state index contributed by atoms with van der Waals surface area (Å²) in [6, 6.07) is 10.4. The molecular formula is C13H23O2P. The normalized spacial score (nSPS) is 13.1. The molecule has 0 aliphatic heterocycles. The maximum absolute atomic E-state index is 6.13. The van der Waals surface area contributed by atoms with E-state index in [4.69, 9.17) is 9.05 Å². The fraction of sp³-hybridized carbons (Fsp3) is 0.538. The molecule has 3 heteroatoms. The van der Waals surface area contributed by atoms with Gasteiger partial charge in [0.15, 0.2) is 0 Å². The second-order valence-corrected chi connectivity index (χ2v) is 7.39. The predicted molar refractivity (Wildman–Crippen MR) is 72.8 cm³/mol. The molecule has 0 atom stereocenters. The molecule has 16 heavy (non-hydrogen) atoms. The Morgan fingerprint density at radius 1 is 1.12 bits per heavy atom. The van der Waals surface area contributed by atoms with Crippen LogP contribution in [0, 0.1) is 0 Å². The number of rotatable bonds is 6. The van der Waals surface area contributed by atoms with Gasteiger partial charge in [-0.05, 0) is 0 Å². The van der Waals surface area contributed by atoms with Crippen LogP contribution in [-0.2, 0) is 9.05 Å². The third-order valence-corrected chi connectivity index (χ3v) is 6.23. The first kappa shape index (κ1) is 13.6. The average Bonchev–Trinajstić information content (AvgIpc) is 2.29. The molecule has 0 saturated heterocycles. The molecule has 0 bridgehead atoms. The van der Waals surface area contributed by atoms with Crippen LogP contribution in [0.2, 0.25) is 0 Å². The molecule has 0 aliphatic rings. The average molecular weight is 242 g/mol. The summed E-state index contributed by atoms with van der Waals surface area (Å²) in [7, 11) is -2.21. The van der Waals surface area contributed by atoms with Crippen molar-refractivity contribution in [2.45, 2.75) is 33.8 Å². The second kappa shape index (κ2) is 6.34. The summed E-state index contributed by atoms with van der Waals surface area (Å²) in [6.45, 7) is 9.03. The zero-order chi connectivity index (χ0) is 12.0. The van der Waals surface area contributed by atoms with Gasteiger partial charge in [0.05, 0.1) is 0 Å². The van der Waals surface area contributed by atoms with E-state index >= 15 is 0 Å². The summed E-state index contributed by atoms with van der Waals surface area (Å²) in [5.41, 5.74) is 0. The van der Waals surface area contributed by atoms with Crippen LogP contribution in [0.3, 0.4) is 0 Å². The monoisotopic (exact) mass is 242 g/mol. The van der Waals surface area contributed by atoms with Crippen molar-refractivity contribution in [1.82, 2.24) is 0 Å². The molecule has 0 heterocycles. The van der Waals surface area contributed by atoms with Crippen molar-refractivity contribution in [2.75, 3.05) is 12.8 Å². The van der Waals surface area contributed by atoms with Crippen LogP contribution in [0.1, 0.15) is 27.7 Å². The molecular weight excluding hydrogens is 219 g/mol. The zero-order valence-corrected chi connectivity index (χ0v) is 11.7. The van der Waals surface area contributed by atoms with Crippen LogP contribution in [0.25, 0.3) is 0 Å². The molecule has 0 amide bonds. The van der Waals surface area contributed by atoms with Crippen molar-refractivity contribution in [3.8, 4) is 0 Å². The summed E-state index contributed by atoms with van der Waals surface area (Å²) >= 11 is 0. The van der Waals surface area contributed by atoms with Gasteiger partial charge in [0, 0.05) is 0 Å². The maximum atomic E-state index is 6.13. The summed E-state index contributed by atoms with van der Waals surface area (Å²) < 4.78 is 12.1. The van der Waals surface area contributed by atoms with Crippen LogP contribution in [0.15, 0.2) is 30.3 Å². The Morgan fingerprint density at radius 3 is 2.19 bits per heavy atom. The van der Waals surface area contributed by atoms with Crippen molar-refractivity contribution in [2.24, 2.45) is 0 Å². The van der Waals surface area contributed by atoms with Crippen LogP contribution in [0.4, 0.5) is 0 Å². The molecule has 92 valence electrons. The molecule has 1 aromatic rings. The van der Waals surface area contributed by atoms with Gasteiger partial charge in [0.25, 0.3) is 0 Å². The van der Waals surface area contributed by atoms with E-state index < -0.39 is 7.72 Å². The number of hydrogen-bond donors (Lipinski definition) is 0. The molecule has 0 saturated carbocycles. The van der Waals surface area contributed by atoms with Gasteiger partial charge in [0.1, 0.15) is 0 Å². The zero-order valence-electron chi connectivity index (χ0n) is 10.7. The van der Waals surface area contributed by atoms with Crippen LogP contribution >= 0.6 is 7.72 Å². The van der Waals surface area contributed by atoms with E-state index in [1.165, 1.54) is 5.30 Å². The molecule has 1 aromatic carbocycles. The molecule has 0 N–H and O–H groups in total. The van der Waals surface area contributed by atoms with Gasteiger partial charge in [-0.15, -0.1) is 0 Å². The van der Waals surface area contributed by atoms with E-state index in [0.29, 0.717) is 6.61 Å². The summed E-state index contributed by atoms with van der Waals surface area (Å²) in [5, 5.41) is 1.23. The standard InChI is InChI=1S/C13H23O2P/c1-5-14-16(6-2,15-12(3)4)13-10-8-7-9-11-13/h7-12,16H,5-6H2,1-4H3. The molecule has 2 nitrogen and oxygen atoms in total. The summed E-state index contributed by atoms with van der Waals surface area (Å²) in [5.74, 6) is 0. The Balaban J connectivity index is 3.01. The van der Waals surface area contributed by atoms with Crippen LogP contribution in [0.5, 0.6) is 0 Å². The fourth-order valence-corrected chi connectivity index (χ4v) is 4.96. The van der Waals surface area contributed by atoms with Gasteiger partial charge >= 0.3 is 99.0 Å². The Labute approximate surface area is 99.5 Å². The SMILES string of the molecule is CCO[PH](CC)(OC(C)C)c1ccccc1. The topological polar surface area (TPSA) is 18.5 Å². The first-order chi connectivity index (χ1) is 7.64. The van der Waals surface area contributed by atoms with Crippen LogP contribution in [-0.4, -0.2) is 18.9 Å². The van der Waals surface area contributed by atoms with E-state index in [9.17, 15) is 0 Å². The third kappa shape index (κ3) is 3.28. The first-order valence-electron chi connectivity index (χ1n) is 6.02. The molecule has 0 spiro atoms. The van der Waals surface area contributed by atoms with E-state index in [2.05, 4.69) is 45.0 Å². The predicted octanol–water partition coefficient (Wildman–Crippen LogP) is 3.37. The molecule has 0 aliphatic carbocycles. The van der Waals surface area contributed by atoms with E-state index in [-0.39, 0.29) is 6.10 Å². The molecule has 1 rings (SSSR count). The number of benzene rings is 1. The molecule has 0 fully saturated rings. The molecule has 0 aromatic heterocycles. The van der Waals surface area contributed by atoms with Gasteiger partial charge in [-0.25, -0.2) is 0 Å². The number of hydrogen-bond acceptors (Lipinski definition) is 2. The van der Waals surface area contributed by atoms with Gasteiger partial charge in [-0.3, -0.25) is 0 Å². The van der Waals surface area contributed by atoms with Crippen molar-refractivity contribution in [1.29, 1.82) is 0 Å². The Kier molecular flexibility index (Phi) is 5.40. The van der Waals surface area contributed by atoms with E-state index in [0.717, 1.165) is 6.16 Å². The molecule has 0 unspecified atom stereocenters. The van der Waals surface area contributed by atoms with E-state index in [1.54, 1.807) is 0 Å². The van der Waals surface area contributed by atoms with Crippen molar-refractivity contribution in [3.05, 3.63) is 30.3 Å². The molecule has 0 radical (unpaired) electrons. The summed E-state index contributed by atoms with van der Waals surface area (Å²) in [6.07, 6.45) is 1.15. The Bertz CT molecular complexity index is 300. The van der Waals surface area contributed by atoms with Crippen LogP contribution < -0.4 is 5.30 Å². The quantitative estimate of drug-likeness (QED) is 0.712. The van der Waals surface area contributed by atoms with Gasteiger partial charge in [0.2, 0.25) is 0 Å². The fourth-order valence-electron chi connectivity index (χ4n) is 1.88. The third-order valence-electron chi connectivity index (χ3n) is 2.48. The Morgan fingerprint density at radius 2 is 1.75 bits per heavy atom. The summed E-state index contributed by atoms with van der Waals surface area (Å²) in [4.78, 5) is 0. The van der Waals surface area contributed by atoms with Crippen molar-refractivity contribution in [3.63, 3.8) is 0 Å².